The Morgan fingerprint density at radius 1 is 1.08 bits per heavy atom. The van der Waals surface area contributed by atoms with Gasteiger partial charge < -0.3 is 9.64 Å². The maximum atomic E-state index is 13.3. The number of rotatable bonds is 5. The Morgan fingerprint density at radius 2 is 1.96 bits per heavy atom. The Bertz CT molecular complexity index is 887. The number of hydrogen-bond donors (Lipinski definition) is 0. The molecule has 0 bridgehead atoms. The van der Waals surface area contributed by atoms with Gasteiger partial charge in [-0.1, -0.05) is 36.4 Å². The van der Waals surface area contributed by atoms with Crippen LogP contribution >= 0.6 is 0 Å². The zero-order valence-corrected chi connectivity index (χ0v) is 14.5. The summed E-state index contributed by atoms with van der Waals surface area (Å²) in [4.78, 5) is 23.9. The molecule has 5 nitrogen and oxygen atoms in total. The number of pyridine rings is 2. The standard InChI is InChI=1S/C21H21N3O2/c25-21(20-19-17(10-12-23-20)8-4-11-22-19)24(15-18-9-5-13-26-18)14-16-6-2-1-3-7-16/h1-4,6-8,10-12,18H,5,9,13-15H2. The van der Waals surface area contributed by atoms with Crippen molar-refractivity contribution < 1.29 is 9.53 Å². The summed E-state index contributed by atoms with van der Waals surface area (Å²) in [6.07, 6.45) is 5.49. The van der Waals surface area contributed by atoms with Crippen molar-refractivity contribution in [3.05, 3.63) is 72.2 Å². The number of fused-ring (bicyclic) bond motifs is 1. The molecule has 0 N–H and O–H groups in total. The first-order valence-corrected chi connectivity index (χ1v) is 8.96. The van der Waals surface area contributed by atoms with Crippen molar-refractivity contribution in [2.45, 2.75) is 25.5 Å². The molecule has 1 aromatic carbocycles. The van der Waals surface area contributed by atoms with E-state index in [2.05, 4.69) is 9.97 Å². The third kappa shape index (κ3) is 3.58. The SMILES string of the molecule is O=C(c1nccc2cccnc12)N(Cc1ccccc1)CC1CCCO1. The summed E-state index contributed by atoms with van der Waals surface area (Å²) < 4.78 is 5.76. The first kappa shape index (κ1) is 16.7. The van der Waals surface area contributed by atoms with E-state index in [4.69, 9.17) is 4.74 Å². The maximum Gasteiger partial charge on any atom is 0.275 e. The zero-order valence-electron chi connectivity index (χ0n) is 14.5. The van der Waals surface area contributed by atoms with Gasteiger partial charge in [-0.25, -0.2) is 4.98 Å². The Kier molecular flexibility index (Phi) is 4.88. The number of ether oxygens (including phenoxy) is 1. The first-order chi connectivity index (χ1) is 12.8. The third-order valence-electron chi connectivity index (χ3n) is 4.68. The van der Waals surface area contributed by atoms with Crippen LogP contribution in [0.2, 0.25) is 0 Å². The van der Waals surface area contributed by atoms with Gasteiger partial charge in [-0.2, -0.15) is 0 Å². The summed E-state index contributed by atoms with van der Waals surface area (Å²) in [6, 6.07) is 15.7. The van der Waals surface area contributed by atoms with Gasteiger partial charge in [0.2, 0.25) is 0 Å². The van der Waals surface area contributed by atoms with Crippen LogP contribution < -0.4 is 0 Å². The number of amides is 1. The average molecular weight is 347 g/mol. The van der Waals surface area contributed by atoms with E-state index < -0.39 is 0 Å². The minimum absolute atomic E-state index is 0.0885. The average Bonchev–Trinajstić information content (AvgIpc) is 3.20. The maximum absolute atomic E-state index is 13.3. The number of aromatic nitrogens is 2. The van der Waals surface area contributed by atoms with E-state index >= 15 is 0 Å². The lowest BCUT2D eigenvalue weighted by atomic mass is 10.1. The van der Waals surface area contributed by atoms with Gasteiger partial charge in [-0.05, 0) is 30.5 Å². The quantitative estimate of drug-likeness (QED) is 0.709. The summed E-state index contributed by atoms with van der Waals surface area (Å²) in [5.41, 5.74) is 2.13. The second kappa shape index (κ2) is 7.62. The van der Waals surface area contributed by atoms with Gasteiger partial charge in [0.05, 0.1) is 6.10 Å². The number of carbonyl (C=O) groups excluding carboxylic acids is 1. The van der Waals surface area contributed by atoms with Crippen molar-refractivity contribution in [3.8, 4) is 0 Å². The lowest BCUT2D eigenvalue weighted by Crippen LogP contribution is -2.37. The minimum Gasteiger partial charge on any atom is -0.376 e. The molecule has 0 radical (unpaired) electrons. The third-order valence-corrected chi connectivity index (χ3v) is 4.68. The van der Waals surface area contributed by atoms with E-state index in [-0.39, 0.29) is 12.0 Å². The van der Waals surface area contributed by atoms with Crippen LogP contribution in [0.3, 0.4) is 0 Å². The van der Waals surface area contributed by atoms with Gasteiger partial charge >= 0.3 is 0 Å². The van der Waals surface area contributed by atoms with Crippen molar-refractivity contribution in [2.24, 2.45) is 0 Å². The largest absolute Gasteiger partial charge is 0.376 e. The van der Waals surface area contributed by atoms with Crippen LogP contribution in [0.5, 0.6) is 0 Å². The summed E-state index contributed by atoms with van der Waals surface area (Å²) in [6.45, 7) is 1.87. The molecule has 1 aliphatic rings. The first-order valence-electron chi connectivity index (χ1n) is 8.96. The molecule has 0 aliphatic carbocycles. The summed E-state index contributed by atoms with van der Waals surface area (Å²) >= 11 is 0. The molecule has 1 saturated heterocycles. The summed E-state index contributed by atoms with van der Waals surface area (Å²) in [5, 5.41) is 0.919. The van der Waals surface area contributed by atoms with E-state index in [1.54, 1.807) is 12.4 Å². The predicted molar refractivity (Wildman–Crippen MR) is 99.7 cm³/mol. The Hall–Kier alpha value is -2.79. The van der Waals surface area contributed by atoms with Crippen LogP contribution in [0.4, 0.5) is 0 Å². The molecule has 1 amide bonds. The van der Waals surface area contributed by atoms with E-state index in [1.807, 2.05) is 53.4 Å². The second-order valence-corrected chi connectivity index (χ2v) is 6.54. The Morgan fingerprint density at radius 3 is 2.77 bits per heavy atom. The molecule has 5 heteroatoms. The van der Waals surface area contributed by atoms with Gasteiger partial charge in [-0.15, -0.1) is 0 Å². The summed E-state index contributed by atoms with van der Waals surface area (Å²) in [7, 11) is 0. The lowest BCUT2D eigenvalue weighted by Gasteiger charge is -2.25. The number of benzene rings is 1. The van der Waals surface area contributed by atoms with Crippen LogP contribution in [0.25, 0.3) is 10.9 Å². The molecule has 1 unspecified atom stereocenters. The molecular weight excluding hydrogens is 326 g/mol. The van der Waals surface area contributed by atoms with E-state index in [1.165, 1.54) is 0 Å². The lowest BCUT2D eigenvalue weighted by molar-refractivity contribution is 0.0504. The molecule has 3 aromatic rings. The highest BCUT2D eigenvalue weighted by atomic mass is 16.5. The predicted octanol–water partition coefficient (Wildman–Crippen LogP) is 3.45. The van der Waals surface area contributed by atoms with Gasteiger partial charge in [0.1, 0.15) is 5.52 Å². The molecule has 132 valence electrons. The van der Waals surface area contributed by atoms with Crippen LogP contribution in [0, 0.1) is 0 Å². The van der Waals surface area contributed by atoms with Crippen molar-refractivity contribution in [1.29, 1.82) is 0 Å². The van der Waals surface area contributed by atoms with Crippen molar-refractivity contribution >= 4 is 16.8 Å². The van der Waals surface area contributed by atoms with Crippen LogP contribution in [-0.2, 0) is 11.3 Å². The highest BCUT2D eigenvalue weighted by Gasteiger charge is 2.25. The van der Waals surface area contributed by atoms with Crippen molar-refractivity contribution in [2.75, 3.05) is 13.2 Å². The highest BCUT2D eigenvalue weighted by molar-refractivity contribution is 6.03. The van der Waals surface area contributed by atoms with Crippen molar-refractivity contribution in [3.63, 3.8) is 0 Å². The molecule has 1 aliphatic heterocycles. The monoisotopic (exact) mass is 347 g/mol. The van der Waals surface area contributed by atoms with Gasteiger partial charge in [0, 0.05) is 37.5 Å². The van der Waals surface area contributed by atoms with Crippen LogP contribution in [0.15, 0.2) is 60.9 Å². The van der Waals surface area contributed by atoms with Gasteiger partial charge in [0.15, 0.2) is 5.69 Å². The Labute approximate surface area is 152 Å². The molecule has 2 aromatic heterocycles. The fourth-order valence-corrected chi connectivity index (χ4v) is 3.37. The Balaban J connectivity index is 1.66. The number of nitrogens with zero attached hydrogens (tertiary/aromatic N) is 3. The molecular formula is C21H21N3O2. The zero-order chi connectivity index (χ0) is 17.8. The topological polar surface area (TPSA) is 55.3 Å². The molecule has 26 heavy (non-hydrogen) atoms. The fourth-order valence-electron chi connectivity index (χ4n) is 3.37. The number of hydrogen-bond acceptors (Lipinski definition) is 4. The molecule has 3 heterocycles. The van der Waals surface area contributed by atoms with E-state index in [0.717, 1.165) is 30.4 Å². The van der Waals surface area contributed by atoms with Gasteiger partial charge in [-0.3, -0.25) is 9.78 Å². The second-order valence-electron chi connectivity index (χ2n) is 6.54. The number of carbonyl (C=O) groups is 1. The summed E-state index contributed by atoms with van der Waals surface area (Å²) in [5.74, 6) is -0.103. The smallest absolute Gasteiger partial charge is 0.275 e. The normalized spacial score (nSPS) is 16.7. The molecule has 1 fully saturated rings. The molecule has 1 atom stereocenters. The minimum atomic E-state index is -0.103. The van der Waals surface area contributed by atoms with Crippen LogP contribution in [-0.4, -0.2) is 40.0 Å². The highest BCUT2D eigenvalue weighted by Crippen LogP contribution is 2.20. The molecule has 0 spiro atoms. The van der Waals surface area contributed by atoms with Crippen molar-refractivity contribution in [1.82, 2.24) is 14.9 Å². The van der Waals surface area contributed by atoms with Gasteiger partial charge in [0.25, 0.3) is 5.91 Å². The molecule has 0 saturated carbocycles. The van der Waals surface area contributed by atoms with Crippen LogP contribution in [0.1, 0.15) is 28.9 Å². The molecule has 4 rings (SSSR count). The van der Waals surface area contributed by atoms with E-state index in [0.29, 0.717) is 24.3 Å². The van der Waals surface area contributed by atoms with E-state index in [9.17, 15) is 4.79 Å². The fraction of sp³-hybridized carbons (Fsp3) is 0.286.